The molecule has 0 bridgehead atoms. The van der Waals surface area contributed by atoms with Gasteiger partial charge in [-0.15, -0.1) is 0 Å². The van der Waals surface area contributed by atoms with Crippen LogP contribution in [0.5, 0.6) is 0 Å². The Bertz CT molecular complexity index is 349. The van der Waals surface area contributed by atoms with E-state index in [4.69, 9.17) is 10.8 Å². The summed E-state index contributed by atoms with van der Waals surface area (Å²) in [5.74, 6) is -0.961. The highest BCUT2D eigenvalue weighted by Crippen LogP contribution is 2.10. The van der Waals surface area contributed by atoms with Crippen LogP contribution in [0.3, 0.4) is 0 Å². The van der Waals surface area contributed by atoms with Gasteiger partial charge in [0.25, 0.3) is 0 Å². The number of halogens is 1. The molecular formula is C9H14IN3O2. The minimum absolute atomic E-state index is 0.443. The Hall–Kier alpha value is -0.630. The van der Waals surface area contributed by atoms with Gasteiger partial charge in [0.1, 0.15) is 5.54 Å². The van der Waals surface area contributed by atoms with Crippen LogP contribution < -0.4 is 5.73 Å². The summed E-state index contributed by atoms with van der Waals surface area (Å²) < 4.78 is 2.86. The van der Waals surface area contributed by atoms with Gasteiger partial charge in [0.2, 0.25) is 0 Å². The molecule has 0 amide bonds. The third kappa shape index (κ3) is 3.78. The molecular weight excluding hydrogens is 309 g/mol. The van der Waals surface area contributed by atoms with Crippen molar-refractivity contribution in [2.75, 3.05) is 0 Å². The summed E-state index contributed by atoms with van der Waals surface area (Å²) in [5.41, 5.74) is 4.46. The summed E-state index contributed by atoms with van der Waals surface area (Å²) in [6, 6.07) is 0. The summed E-state index contributed by atoms with van der Waals surface area (Å²) >= 11 is 2.18. The average Bonchev–Trinajstić information content (AvgIpc) is 2.51. The third-order valence-corrected chi connectivity index (χ3v) is 2.73. The number of nitrogens with two attached hydrogens (primary N) is 1. The van der Waals surface area contributed by atoms with Crippen LogP contribution in [0.2, 0.25) is 0 Å². The first-order valence-corrected chi connectivity index (χ1v) is 5.70. The van der Waals surface area contributed by atoms with Crippen molar-refractivity contribution in [1.29, 1.82) is 0 Å². The number of aromatic nitrogens is 2. The van der Waals surface area contributed by atoms with Crippen molar-refractivity contribution in [2.45, 2.75) is 31.8 Å². The van der Waals surface area contributed by atoms with Crippen LogP contribution >= 0.6 is 22.6 Å². The maximum Gasteiger partial charge on any atom is 0.323 e. The zero-order valence-corrected chi connectivity index (χ0v) is 10.6. The number of carboxylic acids is 1. The summed E-state index contributed by atoms with van der Waals surface area (Å²) in [5, 5.41) is 12.9. The summed E-state index contributed by atoms with van der Waals surface area (Å²) in [7, 11) is 0. The van der Waals surface area contributed by atoms with Gasteiger partial charge >= 0.3 is 5.97 Å². The zero-order chi connectivity index (χ0) is 11.5. The fraction of sp³-hybridized carbons (Fsp3) is 0.556. The molecule has 0 aliphatic rings. The molecule has 5 nitrogen and oxygen atoms in total. The monoisotopic (exact) mass is 323 g/mol. The summed E-state index contributed by atoms with van der Waals surface area (Å²) in [6.07, 6.45) is 4.82. The van der Waals surface area contributed by atoms with Crippen LogP contribution in [0.25, 0.3) is 0 Å². The number of aliphatic carboxylic acids is 1. The number of carbonyl (C=O) groups is 1. The van der Waals surface area contributed by atoms with E-state index in [2.05, 4.69) is 27.7 Å². The van der Waals surface area contributed by atoms with Crippen molar-refractivity contribution < 1.29 is 9.90 Å². The van der Waals surface area contributed by atoms with E-state index in [0.717, 1.165) is 3.57 Å². The predicted molar refractivity (Wildman–Crippen MR) is 64.4 cm³/mol. The predicted octanol–water partition coefficient (Wildman–Crippen LogP) is 1.07. The lowest BCUT2D eigenvalue weighted by molar-refractivity contribution is -0.142. The molecule has 6 heteroatoms. The second-order valence-electron chi connectivity index (χ2n) is 3.75. The first kappa shape index (κ1) is 12.4. The average molecular weight is 323 g/mol. The molecule has 1 heterocycles. The van der Waals surface area contributed by atoms with Gasteiger partial charge < -0.3 is 10.8 Å². The molecule has 1 aromatic rings. The molecule has 1 aromatic heterocycles. The van der Waals surface area contributed by atoms with Crippen LogP contribution in [0, 0.1) is 3.57 Å². The Morgan fingerprint density at radius 2 is 2.47 bits per heavy atom. The minimum atomic E-state index is -1.14. The van der Waals surface area contributed by atoms with Gasteiger partial charge in [0, 0.05) is 12.7 Å². The van der Waals surface area contributed by atoms with Crippen molar-refractivity contribution in [1.82, 2.24) is 9.78 Å². The lowest BCUT2D eigenvalue weighted by Crippen LogP contribution is -2.44. The smallest absolute Gasteiger partial charge is 0.323 e. The van der Waals surface area contributed by atoms with Crippen LogP contribution in [-0.4, -0.2) is 26.4 Å². The molecule has 0 spiro atoms. The second kappa shape index (κ2) is 4.93. The van der Waals surface area contributed by atoms with Gasteiger partial charge in [0.15, 0.2) is 0 Å². The van der Waals surface area contributed by atoms with E-state index in [9.17, 15) is 4.79 Å². The van der Waals surface area contributed by atoms with E-state index >= 15 is 0 Å². The molecule has 0 saturated heterocycles. The lowest BCUT2D eigenvalue weighted by atomic mass is 9.98. The molecule has 0 radical (unpaired) electrons. The standard InChI is InChI=1S/C9H14IN3O2/c1-9(11,8(14)15)3-2-4-13-6-7(10)5-12-13/h5-6H,2-4,11H2,1H3,(H,14,15). The first-order valence-electron chi connectivity index (χ1n) is 4.62. The number of aryl methyl sites for hydroxylation is 1. The number of carboxylic acid groups (broad SMARTS) is 1. The molecule has 84 valence electrons. The molecule has 0 aliphatic carbocycles. The van der Waals surface area contributed by atoms with E-state index in [1.54, 1.807) is 10.9 Å². The lowest BCUT2D eigenvalue weighted by Gasteiger charge is -2.18. The van der Waals surface area contributed by atoms with Gasteiger partial charge in [-0.2, -0.15) is 5.10 Å². The van der Waals surface area contributed by atoms with Gasteiger partial charge in [-0.1, -0.05) is 0 Å². The molecule has 15 heavy (non-hydrogen) atoms. The van der Waals surface area contributed by atoms with Crippen molar-refractivity contribution in [3.63, 3.8) is 0 Å². The molecule has 0 aromatic carbocycles. The molecule has 0 fully saturated rings. The topological polar surface area (TPSA) is 81.1 Å². The molecule has 0 aliphatic heterocycles. The molecule has 1 unspecified atom stereocenters. The highest BCUT2D eigenvalue weighted by atomic mass is 127. The Kier molecular flexibility index (Phi) is 4.09. The van der Waals surface area contributed by atoms with Crippen molar-refractivity contribution in [2.24, 2.45) is 5.73 Å². The SMILES string of the molecule is CC(N)(CCCn1cc(I)cn1)C(=O)O. The van der Waals surface area contributed by atoms with Gasteiger partial charge in [-0.05, 0) is 42.4 Å². The maximum absolute atomic E-state index is 10.7. The van der Waals surface area contributed by atoms with E-state index < -0.39 is 11.5 Å². The van der Waals surface area contributed by atoms with Crippen LogP contribution in [0.1, 0.15) is 19.8 Å². The Morgan fingerprint density at radius 1 is 1.80 bits per heavy atom. The Balaban J connectivity index is 2.36. The van der Waals surface area contributed by atoms with E-state index in [1.165, 1.54) is 6.92 Å². The fourth-order valence-corrected chi connectivity index (χ4v) is 1.62. The van der Waals surface area contributed by atoms with Crippen molar-refractivity contribution in [3.05, 3.63) is 16.0 Å². The number of rotatable bonds is 5. The highest BCUT2D eigenvalue weighted by molar-refractivity contribution is 14.1. The van der Waals surface area contributed by atoms with E-state index in [0.29, 0.717) is 19.4 Å². The fourth-order valence-electron chi connectivity index (χ4n) is 1.18. The van der Waals surface area contributed by atoms with Crippen LogP contribution in [-0.2, 0) is 11.3 Å². The zero-order valence-electron chi connectivity index (χ0n) is 8.48. The number of hydrogen-bond acceptors (Lipinski definition) is 3. The highest BCUT2D eigenvalue weighted by Gasteiger charge is 2.26. The largest absolute Gasteiger partial charge is 0.480 e. The third-order valence-electron chi connectivity index (χ3n) is 2.17. The van der Waals surface area contributed by atoms with Crippen LogP contribution in [0.4, 0.5) is 0 Å². The summed E-state index contributed by atoms with van der Waals surface area (Å²) in [4.78, 5) is 10.7. The molecule has 1 atom stereocenters. The maximum atomic E-state index is 10.7. The van der Waals surface area contributed by atoms with E-state index in [1.807, 2.05) is 6.20 Å². The molecule has 0 saturated carbocycles. The first-order chi connectivity index (χ1) is 6.92. The van der Waals surface area contributed by atoms with Gasteiger partial charge in [-0.3, -0.25) is 9.48 Å². The Labute approximate surface area is 102 Å². The van der Waals surface area contributed by atoms with Gasteiger partial charge in [-0.25, -0.2) is 0 Å². The van der Waals surface area contributed by atoms with Crippen molar-refractivity contribution in [3.8, 4) is 0 Å². The quantitative estimate of drug-likeness (QED) is 0.794. The Morgan fingerprint density at radius 3 is 2.93 bits per heavy atom. The number of hydrogen-bond donors (Lipinski definition) is 2. The summed E-state index contributed by atoms with van der Waals surface area (Å²) in [6.45, 7) is 2.23. The molecule has 3 N–H and O–H groups in total. The van der Waals surface area contributed by atoms with Crippen molar-refractivity contribution >= 4 is 28.6 Å². The normalized spacial score (nSPS) is 14.9. The molecule has 1 rings (SSSR count). The minimum Gasteiger partial charge on any atom is -0.480 e. The van der Waals surface area contributed by atoms with Crippen LogP contribution in [0.15, 0.2) is 12.4 Å². The second-order valence-corrected chi connectivity index (χ2v) is 4.99. The van der Waals surface area contributed by atoms with E-state index in [-0.39, 0.29) is 0 Å². The van der Waals surface area contributed by atoms with Gasteiger partial charge in [0.05, 0.1) is 9.77 Å². The number of nitrogens with zero attached hydrogens (tertiary/aromatic N) is 2.